The van der Waals surface area contributed by atoms with Crippen LogP contribution < -0.4 is 10.5 Å². The highest BCUT2D eigenvalue weighted by atomic mass is 16.5. The number of aromatic nitrogens is 2. The predicted octanol–water partition coefficient (Wildman–Crippen LogP) is 3.69. The number of hydrogen-bond donors (Lipinski definition) is 1. The van der Waals surface area contributed by atoms with Crippen molar-refractivity contribution in [2.75, 3.05) is 6.54 Å². The molecule has 0 fully saturated rings. The zero-order chi connectivity index (χ0) is 22.6. The van der Waals surface area contributed by atoms with Crippen molar-refractivity contribution in [2.24, 2.45) is 10.7 Å². The molecule has 0 aliphatic carbocycles. The van der Waals surface area contributed by atoms with Crippen molar-refractivity contribution in [1.82, 2.24) is 14.5 Å². The molecule has 0 radical (unpaired) electrons. The normalized spacial score (nSPS) is 23.0. The Morgan fingerprint density at radius 1 is 1.06 bits per heavy atom. The molecule has 1 unspecified atom stereocenters. The van der Waals surface area contributed by atoms with E-state index >= 15 is 0 Å². The second-order valence-corrected chi connectivity index (χ2v) is 7.42. The molecule has 5 rings (SSSR count). The highest BCUT2D eigenvalue weighted by molar-refractivity contribution is 6.07. The van der Waals surface area contributed by atoms with Gasteiger partial charge in [-0.1, -0.05) is 30.4 Å². The van der Waals surface area contributed by atoms with Crippen LogP contribution in [0.1, 0.15) is 0 Å². The quantitative estimate of drug-likeness (QED) is 0.624. The largest absolute Gasteiger partial charge is 0.453 e. The van der Waals surface area contributed by atoms with Crippen molar-refractivity contribution in [3.63, 3.8) is 0 Å². The van der Waals surface area contributed by atoms with E-state index in [-0.39, 0.29) is 0 Å². The Labute approximate surface area is 189 Å². The lowest BCUT2D eigenvalue weighted by Crippen LogP contribution is -2.37. The lowest BCUT2D eigenvalue weighted by atomic mass is 10.1. The predicted molar refractivity (Wildman–Crippen MR) is 128 cm³/mol. The molecule has 2 bridgehead atoms. The van der Waals surface area contributed by atoms with E-state index in [1.807, 2.05) is 65.5 Å². The fourth-order valence-electron chi connectivity index (χ4n) is 3.82. The highest BCUT2D eigenvalue weighted by Crippen LogP contribution is 2.33. The molecule has 2 aliphatic heterocycles. The van der Waals surface area contributed by atoms with Gasteiger partial charge in [0.2, 0.25) is 11.8 Å². The van der Waals surface area contributed by atoms with Gasteiger partial charge in [0.1, 0.15) is 17.3 Å². The number of primary amides is 1. The molecular formula is C25H21N5O3. The Morgan fingerprint density at radius 3 is 2.85 bits per heavy atom. The van der Waals surface area contributed by atoms with Gasteiger partial charge in [-0.25, -0.2) is 9.98 Å². The van der Waals surface area contributed by atoms with Gasteiger partial charge in [0, 0.05) is 35.6 Å². The molecule has 1 atom stereocenters. The summed E-state index contributed by atoms with van der Waals surface area (Å²) in [5.41, 5.74) is 7.26. The number of para-hydroxylation sites is 1. The summed E-state index contributed by atoms with van der Waals surface area (Å²) in [6.07, 6.45) is 19.0. The summed E-state index contributed by atoms with van der Waals surface area (Å²) in [5, 5.41) is 2.05. The van der Waals surface area contributed by atoms with Crippen LogP contribution in [0.2, 0.25) is 0 Å². The number of ether oxygens (including phenoxy) is 2. The molecule has 3 aromatic rings. The SMILES string of the molecule is NC(=O)C1C=C2CN1/C=C/N=C\O/C=C/C=C/C=C/n1ccc3c4ccccc4nc(c31)O2. The maximum atomic E-state index is 12.0. The molecule has 1 aromatic carbocycles. The summed E-state index contributed by atoms with van der Waals surface area (Å²) in [5.74, 6) is 0.546. The number of carbonyl (C=O) groups is 1. The van der Waals surface area contributed by atoms with Gasteiger partial charge in [-0.3, -0.25) is 4.79 Å². The lowest BCUT2D eigenvalue weighted by molar-refractivity contribution is -0.120. The molecule has 2 N–H and O–H groups in total. The molecule has 0 spiro atoms. The Balaban J connectivity index is 1.64. The fourth-order valence-corrected chi connectivity index (χ4v) is 3.82. The number of nitrogens with two attached hydrogens (primary N) is 1. The smallest absolute Gasteiger partial charge is 0.244 e. The number of hydrogen-bond acceptors (Lipinski definition) is 6. The van der Waals surface area contributed by atoms with Crippen LogP contribution in [0, 0.1) is 0 Å². The van der Waals surface area contributed by atoms with Crippen LogP contribution in [0.5, 0.6) is 5.88 Å². The maximum absolute atomic E-state index is 12.0. The van der Waals surface area contributed by atoms with Gasteiger partial charge in [-0.2, -0.15) is 0 Å². The number of amides is 1. The zero-order valence-corrected chi connectivity index (χ0v) is 17.6. The third-order valence-corrected chi connectivity index (χ3v) is 5.30. The zero-order valence-electron chi connectivity index (χ0n) is 17.6. The lowest BCUT2D eigenvalue weighted by Gasteiger charge is -2.19. The number of allylic oxidation sites excluding steroid dienone is 4. The minimum absolute atomic E-state index is 0.343. The Kier molecular flexibility index (Phi) is 5.47. The number of carbonyl (C=O) groups excluding carboxylic acids is 1. The first-order valence-corrected chi connectivity index (χ1v) is 10.4. The maximum Gasteiger partial charge on any atom is 0.244 e. The van der Waals surface area contributed by atoms with Crippen molar-refractivity contribution < 1.29 is 14.3 Å². The second kappa shape index (κ2) is 8.88. The molecule has 164 valence electrons. The minimum atomic E-state index is -0.652. The average Bonchev–Trinajstić information content (AvgIpc) is 3.42. The first kappa shape index (κ1) is 20.3. The number of rotatable bonds is 1. The van der Waals surface area contributed by atoms with Gasteiger partial charge in [0.15, 0.2) is 6.40 Å². The van der Waals surface area contributed by atoms with Gasteiger partial charge in [-0.05, 0) is 30.4 Å². The number of nitrogens with zero attached hydrogens (tertiary/aromatic N) is 4. The van der Waals surface area contributed by atoms with Crippen LogP contribution in [-0.4, -0.2) is 39.3 Å². The number of benzene rings is 1. The summed E-state index contributed by atoms with van der Waals surface area (Å²) in [6.45, 7) is 0.343. The molecule has 2 aliphatic rings. The van der Waals surface area contributed by atoms with Gasteiger partial charge >= 0.3 is 0 Å². The van der Waals surface area contributed by atoms with E-state index in [4.69, 9.17) is 20.2 Å². The van der Waals surface area contributed by atoms with E-state index in [0.29, 0.717) is 18.2 Å². The van der Waals surface area contributed by atoms with Gasteiger partial charge < -0.3 is 24.7 Å². The molecule has 33 heavy (non-hydrogen) atoms. The topological polar surface area (TPSA) is 95.0 Å². The summed E-state index contributed by atoms with van der Waals surface area (Å²) in [7, 11) is 0. The van der Waals surface area contributed by atoms with E-state index in [2.05, 4.69) is 4.99 Å². The summed E-state index contributed by atoms with van der Waals surface area (Å²) >= 11 is 0. The molecule has 0 saturated heterocycles. The standard InChI is InChI=1S/C25H21N5O3/c26-24(31)22-15-18-16-30(22)13-10-27-17-32-14-6-2-1-5-11-29-12-9-20-19-7-3-4-8-21(19)28-25(33-18)23(20)29/h1-15,17,22H,16H2,(H2,26,31)/b2-1+,11-5+,13-10+,14-6+,27-17-. The Morgan fingerprint density at radius 2 is 1.94 bits per heavy atom. The highest BCUT2D eigenvalue weighted by Gasteiger charge is 2.29. The minimum Gasteiger partial charge on any atom is -0.453 e. The third kappa shape index (κ3) is 4.14. The van der Waals surface area contributed by atoms with E-state index in [1.54, 1.807) is 23.3 Å². The first-order valence-electron chi connectivity index (χ1n) is 10.4. The molecule has 1 amide bonds. The third-order valence-electron chi connectivity index (χ3n) is 5.30. The first-order chi connectivity index (χ1) is 16.2. The van der Waals surface area contributed by atoms with Crippen molar-refractivity contribution in [2.45, 2.75) is 6.04 Å². The van der Waals surface area contributed by atoms with Gasteiger partial charge in [0.25, 0.3) is 0 Å². The van der Waals surface area contributed by atoms with E-state index in [1.165, 1.54) is 18.9 Å². The van der Waals surface area contributed by atoms with Crippen LogP contribution in [0.25, 0.3) is 28.0 Å². The Hall–Kier alpha value is -4.59. The van der Waals surface area contributed by atoms with Gasteiger partial charge in [0.05, 0.1) is 18.3 Å². The number of aliphatic imine (C=N–C) groups is 1. The summed E-state index contributed by atoms with van der Waals surface area (Å²) < 4.78 is 13.4. The number of pyridine rings is 1. The van der Waals surface area contributed by atoms with Crippen LogP contribution in [0.15, 0.2) is 96.3 Å². The molecule has 4 heterocycles. The molecule has 8 heteroatoms. The van der Waals surface area contributed by atoms with E-state index in [9.17, 15) is 4.79 Å². The summed E-state index contributed by atoms with van der Waals surface area (Å²) in [4.78, 5) is 22.6. The molecule has 2 aromatic heterocycles. The van der Waals surface area contributed by atoms with Crippen LogP contribution >= 0.6 is 0 Å². The average molecular weight is 439 g/mol. The molecule has 8 nitrogen and oxygen atoms in total. The Bertz CT molecular complexity index is 1390. The van der Waals surface area contributed by atoms with Crippen LogP contribution in [0.4, 0.5) is 0 Å². The monoisotopic (exact) mass is 439 g/mol. The summed E-state index contributed by atoms with van der Waals surface area (Å²) in [6, 6.07) is 9.31. The van der Waals surface area contributed by atoms with Gasteiger partial charge in [-0.15, -0.1) is 0 Å². The van der Waals surface area contributed by atoms with E-state index < -0.39 is 11.9 Å². The fraction of sp³-hybridized carbons (Fsp3) is 0.0800. The van der Waals surface area contributed by atoms with Crippen molar-refractivity contribution in [1.29, 1.82) is 0 Å². The van der Waals surface area contributed by atoms with Crippen LogP contribution in [0.3, 0.4) is 0 Å². The molecular weight excluding hydrogens is 418 g/mol. The van der Waals surface area contributed by atoms with Crippen molar-refractivity contribution in [3.8, 4) is 5.88 Å². The van der Waals surface area contributed by atoms with E-state index in [0.717, 1.165) is 21.8 Å². The van der Waals surface area contributed by atoms with Crippen LogP contribution in [-0.2, 0) is 9.53 Å². The van der Waals surface area contributed by atoms with Crippen molar-refractivity contribution >= 4 is 40.3 Å². The number of fused-ring (bicyclic) bond motifs is 4. The second-order valence-electron chi connectivity index (χ2n) is 7.42. The molecule has 0 saturated carbocycles. The van der Waals surface area contributed by atoms with Crippen molar-refractivity contribution in [3.05, 3.63) is 91.3 Å².